The molecule has 0 saturated heterocycles. The number of hydrogen-bond acceptors (Lipinski definition) is 2. The third kappa shape index (κ3) is 3.09. The molecular weight excluding hydrogens is 240 g/mol. The topological polar surface area (TPSA) is 44.5 Å². The van der Waals surface area contributed by atoms with Crippen molar-refractivity contribution in [3.8, 4) is 0 Å². The van der Waals surface area contributed by atoms with Gasteiger partial charge < -0.3 is 9.13 Å². The van der Waals surface area contributed by atoms with Crippen molar-refractivity contribution in [2.24, 2.45) is 0 Å². The van der Waals surface area contributed by atoms with Crippen molar-refractivity contribution in [2.75, 3.05) is 0 Å². The first-order valence-electron chi connectivity index (χ1n) is 6.33. The van der Waals surface area contributed by atoms with Crippen molar-refractivity contribution < 1.29 is 4.57 Å². The first-order valence-corrected chi connectivity index (χ1v) is 6.33. The summed E-state index contributed by atoms with van der Waals surface area (Å²) in [7, 11) is 0. The molecule has 19 heavy (non-hydrogen) atoms. The molecule has 3 heterocycles. The number of aromatic nitrogens is 6. The SMILES string of the molecule is [c-]1n(CCn2cccn2)cc[n+]1CCn1cccn1. The van der Waals surface area contributed by atoms with Crippen LogP contribution >= 0.6 is 0 Å². The van der Waals surface area contributed by atoms with Crippen LogP contribution in [0.2, 0.25) is 0 Å². The van der Waals surface area contributed by atoms with Gasteiger partial charge in [-0.3, -0.25) is 9.36 Å². The van der Waals surface area contributed by atoms with Crippen molar-refractivity contribution in [2.45, 2.75) is 26.2 Å². The van der Waals surface area contributed by atoms with Crippen LogP contribution in [0.1, 0.15) is 0 Å². The average molecular weight is 256 g/mol. The first-order chi connectivity index (χ1) is 9.40. The molecule has 0 aliphatic rings. The molecule has 0 bridgehead atoms. The Labute approximate surface area is 111 Å². The summed E-state index contributed by atoms with van der Waals surface area (Å²) in [5.41, 5.74) is 0. The fourth-order valence-electron chi connectivity index (χ4n) is 1.93. The number of imidazole rings is 1. The molecule has 6 heteroatoms. The van der Waals surface area contributed by atoms with Gasteiger partial charge in [0.1, 0.15) is 0 Å². The summed E-state index contributed by atoms with van der Waals surface area (Å²) in [4.78, 5) is 0. The Bertz CT molecular complexity index is 540. The van der Waals surface area contributed by atoms with Gasteiger partial charge >= 0.3 is 0 Å². The van der Waals surface area contributed by atoms with Gasteiger partial charge in [0.05, 0.1) is 26.2 Å². The lowest BCUT2D eigenvalue weighted by Crippen LogP contribution is -2.34. The van der Waals surface area contributed by atoms with Crippen molar-refractivity contribution >= 4 is 0 Å². The molecule has 0 atom stereocenters. The maximum Gasteiger partial charge on any atom is 0.204 e. The van der Waals surface area contributed by atoms with Gasteiger partial charge in [-0.25, -0.2) is 0 Å². The minimum Gasteiger partial charge on any atom is -0.349 e. The van der Waals surface area contributed by atoms with Crippen LogP contribution in [0.5, 0.6) is 0 Å². The zero-order valence-electron chi connectivity index (χ0n) is 10.6. The van der Waals surface area contributed by atoms with Crippen LogP contribution in [-0.4, -0.2) is 24.1 Å². The van der Waals surface area contributed by atoms with E-state index in [1.807, 2.05) is 55.4 Å². The number of rotatable bonds is 6. The van der Waals surface area contributed by atoms with Crippen LogP contribution in [0.3, 0.4) is 0 Å². The second kappa shape index (κ2) is 5.51. The zero-order chi connectivity index (χ0) is 12.9. The minimum atomic E-state index is 0.858. The van der Waals surface area contributed by atoms with E-state index in [4.69, 9.17) is 0 Å². The predicted molar refractivity (Wildman–Crippen MR) is 67.9 cm³/mol. The highest BCUT2D eigenvalue weighted by molar-refractivity contribution is 4.78. The summed E-state index contributed by atoms with van der Waals surface area (Å²) in [6.45, 7) is 3.46. The Morgan fingerprint density at radius 1 is 0.895 bits per heavy atom. The molecule has 3 aromatic rings. The van der Waals surface area contributed by atoms with E-state index in [-0.39, 0.29) is 0 Å². The zero-order valence-corrected chi connectivity index (χ0v) is 10.6. The molecule has 3 rings (SSSR count). The highest BCUT2D eigenvalue weighted by Crippen LogP contribution is 1.90. The van der Waals surface area contributed by atoms with Gasteiger partial charge in [0.25, 0.3) is 0 Å². The lowest BCUT2D eigenvalue weighted by molar-refractivity contribution is -0.701. The summed E-state index contributed by atoms with van der Waals surface area (Å²) in [5, 5.41) is 8.36. The normalized spacial score (nSPS) is 10.9. The molecule has 0 aliphatic carbocycles. The molecule has 0 radical (unpaired) electrons. The van der Waals surface area contributed by atoms with E-state index in [0.717, 1.165) is 26.2 Å². The molecular formula is C13H16N6. The molecule has 3 aromatic heterocycles. The minimum absolute atomic E-state index is 0.858. The van der Waals surface area contributed by atoms with Crippen molar-refractivity contribution in [3.05, 3.63) is 55.6 Å². The monoisotopic (exact) mass is 256 g/mol. The second-order valence-corrected chi connectivity index (χ2v) is 4.32. The molecule has 0 amide bonds. The van der Waals surface area contributed by atoms with Gasteiger partial charge in [-0.15, -0.1) is 0 Å². The summed E-state index contributed by atoms with van der Waals surface area (Å²) >= 11 is 0. The standard InChI is InChI=1S/C13H16N6/c1-3-14-18(5-1)11-9-16-7-8-17(13-16)10-12-19-6-2-4-15-19/h1-8H,9-12H2. The number of nitrogens with zero attached hydrogens (tertiary/aromatic N) is 6. The van der Waals surface area contributed by atoms with Gasteiger partial charge in [0, 0.05) is 24.8 Å². The molecule has 0 aromatic carbocycles. The van der Waals surface area contributed by atoms with E-state index >= 15 is 0 Å². The van der Waals surface area contributed by atoms with E-state index in [1.54, 1.807) is 12.4 Å². The molecule has 0 N–H and O–H groups in total. The lowest BCUT2D eigenvalue weighted by Gasteiger charge is -2.03. The molecule has 98 valence electrons. The van der Waals surface area contributed by atoms with E-state index in [9.17, 15) is 0 Å². The molecule has 0 unspecified atom stereocenters. The highest BCUT2D eigenvalue weighted by atomic mass is 15.3. The molecule has 0 aliphatic heterocycles. The first kappa shape index (κ1) is 11.7. The predicted octanol–water partition coefficient (Wildman–Crippen LogP) is 0.369. The van der Waals surface area contributed by atoms with Gasteiger partial charge in [-0.2, -0.15) is 10.2 Å². The van der Waals surface area contributed by atoms with Gasteiger partial charge in [0.2, 0.25) is 6.33 Å². The van der Waals surface area contributed by atoms with Crippen molar-refractivity contribution in [1.29, 1.82) is 0 Å². The van der Waals surface area contributed by atoms with Crippen molar-refractivity contribution in [3.63, 3.8) is 0 Å². The van der Waals surface area contributed by atoms with E-state index in [0.29, 0.717) is 0 Å². The largest absolute Gasteiger partial charge is 0.349 e. The Hall–Kier alpha value is -2.37. The fourth-order valence-corrected chi connectivity index (χ4v) is 1.93. The second-order valence-electron chi connectivity index (χ2n) is 4.32. The van der Waals surface area contributed by atoms with E-state index in [1.165, 1.54) is 0 Å². The Morgan fingerprint density at radius 2 is 1.63 bits per heavy atom. The van der Waals surface area contributed by atoms with Crippen LogP contribution in [0.25, 0.3) is 0 Å². The molecule has 6 nitrogen and oxygen atoms in total. The highest BCUT2D eigenvalue weighted by Gasteiger charge is 1.98. The Balaban J connectivity index is 1.51. The van der Waals surface area contributed by atoms with Gasteiger partial charge in [-0.1, -0.05) is 0 Å². The number of hydrogen-bond donors (Lipinski definition) is 0. The summed E-state index contributed by atoms with van der Waals surface area (Å²) < 4.78 is 7.93. The maximum absolute atomic E-state index is 4.18. The third-order valence-electron chi connectivity index (χ3n) is 2.94. The smallest absolute Gasteiger partial charge is 0.204 e. The summed E-state index contributed by atoms with van der Waals surface area (Å²) in [6.07, 6.45) is 14.9. The summed E-state index contributed by atoms with van der Waals surface area (Å²) in [5.74, 6) is 0. The van der Waals surface area contributed by atoms with E-state index < -0.39 is 0 Å². The van der Waals surface area contributed by atoms with E-state index in [2.05, 4.69) is 16.5 Å². The summed E-state index contributed by atoms with van der Waals surface area (Å²) in [6, 6.07) is 3.87. The van der Waals surface area contributed by atoms with Crippen LogP contribution < -0.4 is 4.57 Å². The van der Waals surface area contributed by atoms with Gasteiger partial charge in [0.15, 0.2) is 0 Å². The molecule has 0 fully saturated rings. The number of aryl methyl sites for hydroxylation is 4. The van der Waals surface area contributed by atoms with Crippen LogP contribution in [-0.2, 0) is 26.2 Å². The Morgan fingerprint density at radius 3 is 2.32 bits per heavy atom. The van der Waals surface area contributed by atoms with Crippen LogP contribution in [0.4, 0.5) is 0 Å². The molecule has 0 saturated carbocycles. The quantitative estimate of drug-likeness (QED) is 0.472. The van der Waals surface area contributed by atoms with Crippen LogP contribution in [0.15, 0.2) is 49.3 Å². The van der Waals surface area contributed by atoms with Crippen LogP contribution in [0, 0.1) is 6.33 Å². The average Bonchev–Trinajstić information content (AvgIpc) is 3.16. The molecule has 0 spiro atoms. The maximum atomic E-state index is 4.18. The van der Waals surface area contributed by atoms with Crippen molar-refractivity contribution in [1.82, 2.24) is 24.1 Å². The van der Waals surface area contributed by atoms with Gasteiger partial charge in [-0.05, 0) is 24.5 Å². The fraction of sp³-hybridized carbons (Fsp3) is 0.308. The lowest BCUT2D eigenvalue weighted by atomic mass is 10.6. The Kier molecular flexibility index (Phi) is 3.40. The third-order valence-corrected chi connectivity index (χ3v) is 2.94.